The predicted octanol–water partition coefficient (Wildman–Crippen LogP) is 3.20. The molecule has 0 saturated carbocycles. The Hall–Kier alpha value is -3.70. The van der Waals surface area contributed by atoms with Gasteiger partial charge in [-0.25, -0.2) is 14.3 Å². The van der Waals surface area contributed by atoms with E-state index in [1.165, 1.54) is 0 Å². The minimum absolute atomic E-state index is 0.00828. The van der Waals surface area contributed by atoms with Crippen molar-refractivity contribution in [2.24, 2.45) is 0 Å². The van der Waals surface area contributed by atoms with Gasteiger partial charge in [0.15, 0.2) is 0 Å². The van der Waals surface area contributed by atoms with Crippen molar-refractivity contribution < 1.29 is 18.0 Å². The van der Waals surface area contributed by atoms with E-state index in [2.05, 4.69) is 20.1 Å². The van der Waals surface area contributed by atoms with Crippen molar-refractivity contribution in [3.05, 3.63) is 57.5 Å². The van der Waals surface area contributed by atoms with Crippen molar-refractivity contribution in [3.63, 3.8) is 0 Å². The van der Waals surface area contributed by atoms with Gasteiger partial charge < -0.3 is 9.88 Å². The van der Waals surface area contributed by atoms with Crippen LogP contribution in [0.25, 0.3) is 16.8 Å². The maximum absolute atomic E-state index is 13.0. The lowest BCUT2D eigenvalue weighted by Crippen LogP contribution is -2.40. The van der Waals surface area contributed by atoms with Crippen molar-refractivity contribution in [1.29, 1.82) is 0 Å². The van der Waals surface area contributed by atoms with Gasteiger partial charge in [0, 0.05) is 36.9 Å². The monoisotopic (exact) mass is 487 g/mol. The number of H-pyrrole nitrogens is 1. The van der Waals surface area contributed by atoms with Gasteiger partial charge in [0.2, 0.25) is 5.91 Å². The number of nitrogens with one attached hydrogen (secondary N) is 1. The van der Waals surface area contributed by atoms with Crippen LogP contribution in [0.1, 0.15) is 48.1 Å². The molecule has 12 heteroatoms. The lowest BCUT2D eigenvalue weighted by Gasteiger charge is -2.32. The molecular formula is C23H24F3N7O2. The molecule has 1 N–H and O–H groups in total. The summed E-state index contributed by atoms with van der Waals surface area (Å²) in [5, 5.41) is 3.56. The molecule has 0 spiro atoms. The standard InChI is InChI=1S/C23H24F3N7O2/c1-13-16(14(2)33-21(27-13)29-20(30-33)23(24,25)26)7-8-19(34)31-11-9-15(10-12-31)32-18-6-4-3-5-17(18)28-22(32)35/h3-6,15H,7-12H2,1-2H3,(H,28,35). The van der Waals surface area contributed by atoms with E-state index in [0.29, 0.717) is 49.3 Å². The minimum atomic E-state index is -4.66. The van der Waals surface area contributed by atoms with E-state index in [0.717, 1.165) is 15.5 Å². The summed E-state index contributed by atoms with van der Waals surface area (Å²) in [5.41, 5.74) is 3.21. The zero-order chi connectivity index (χ0) is 24.9. The van der Waals surface area contributed by atoms with Gasteiger partial charge >= 0.3 is 11.9 Å². The zero-order valence-corrected chi connectivity index (χ0v) is 19.3. The summed E-state index contributed by atoms with van der Waals surface area (Å²) >= 11 is 0. The average Bonchev–Trinajstić information content (AvgIpc) is 3.39. The second-order valence-corrected chi connectivity index (χ2v) is 8.84. The fraction of sp³-hybridized carbons (Fsp3) is 0.435. The number of rotatable bonds is 4. The Morgan fingerprint density at radius 3 is 2.57 bits per heavy atom. The number of aromatic nitrogens is 6. The Bertz CT molecular complexity index is 1480. The first-order chi connectivity index (χ1) is 16.6. The molecule has 35 heavy (non-hydrogen) atoms. The van der Waals surface area contributed by atoms with Gasteiger partial charge in [0.05, 0.1) is 11.0 Å². The number of aryl methyl sites for hydroxylation is 2. The number of halogens is 3. The number of carbonyl (C=O) groups is 1. The molecule has 3 aromatic heterocycles. The van der Waals surface area contributed by atoms with Crippen LogP contribution in [0.4, 0.5) is 13.2 Å². The number of hydrogen-bond donors (Lipinski definition) is 1. The smallest absolute Gasteiger partial charge is 0.343 e. The van der Waals surface area contributed by atoms with Gasteiger partial charge in [-0.2, -0.15) is 18.2 Å². The van der Waals surface area contributed by atoms with Gasteiger partial charge in [-0.3, -0.25) is 9.36 Å². The van der Waals surface area contributed by atoms with Crippen molar-refractivity contribution in [3.8, 4) is 0 Å². The van der Waals surface area contributed by atoms with Crippen LogP contribution in [0.15, 0.2) is 29.1 Å². The Kier molecular flexibility index (Phi) is 5.60. The topological polar surface area (TPSA) is 101 Å². The SMILES string of the molecule is Cc1nc2nc(C(F)(F)F)nn2c(C)c1CCC(=O)N1CCC(n2c(=O)[nH]c3ccccc32)CC1. The number of nitrogens with zero attached hydrogens (tertiary/aromatic N) is 6. The summed E-state index contributed by atoms with van der Waals surface area (Å²) in [6.45, 7) is 4.41. The minimum Gasteiger partial charge on any atom is -0.343 e. The molecule has 184 valence electrons. The number of alkyl halides is 3. The van der Waals surface area contributed by atoms with Gasteiger partial charge in [0.25, 0.3) is 11.6 Å². The average molecular weight is 487 g/mol. The number of amides is 1. The molecule has 1 aliphatic rings. The van der Waals surface area contributed by atoms with Gasteiger partial charge in [-0.05, 0) is 50.8 Å². The molecule has 0 bridgehead atoms. The van der Waals surface area contributed by atoms with E-state index in [-0.39, 0.29) is 29.8 Å². The summed E-state index contributed by atoms with van der Waals surface area (Å²) < 4.78 is 41.9. The molecule has 0 radical (unpaired) electrons. The molecule has 0 unspecified atom stereocenters. The van der Waals surface area contributed by atoms with Crippen LogP contribution in [-0.2, 0) is 17.4 Å². The summed E-state index contributed by atoms with van der Waals surface area (Å²) in [6, 6.07) is 7.55. The number of piperidine rings is 1. The van der Waals surface area contributed by atoms with E-state index in [1.807, 2.05) is 24.3 Å². The second-order valence-electron chi connectivity index (χ2n) is 8.84. The lowest BCUT2D eigenvalue weighted by atomic mass is 10.0. The highest BCUT2D eigenvalue weighted by atomic mass is 19.4. The summed E-state index contributed by atoms with van der Waals surface area (Å²) in [6.07, 6.45) is -2.79. The van der Waals surface area contributed by atoms with Crippen LogP contribution in [0.2, 0.25) is 0 Å². The molecule has 5 rings (SSSR count). The lowest BCUT2D eigenvalue weighted by molar-refractivity contribution is -0.144. The van der Waals surface area contributed by atoms with Crippen molar-refractivity contribution in [2.75, 3.05) is 13.1 Å². The first-order valence-corrected chi connectivity index (χ1v) is 11.4. The molecule has 1 aromatic carbocycles. The van der Waals surface area contributed by atoms with Crippen LogP contribution in [0.3, 0.4) is 0 Å². The highest BCUT2D eigenvalue weighted by Crippen LogP contribution is 2.28. The zero-order valence-electron chi connectivity index (χ0n) is 19.3. The maximum Gasteiger partial charge on any atom is 0.453 e. The van der Waals surface area contributed by atoms with Gasteiger partial charge in [-0.1, -0.05) is 12.1 Å². The molecule has 1 aliphatic heterocycles. The largest absolute Gasteiger partial charge is 0.453 e. The maximum atomic E-state index is 13.0. The normalized spacial score (nSPS) is 15.4. The number of aromatic amines is 1. The summed E-state index contributed by atoms with van der Waals surface area (Å²) in [7, 11) is 0. The Labute approximate surface area is 197 Å². The number of hydrogen-bond acceptors (Lipinski definition) is 5. The van der Waals surface area contributed by atoms with E-state index in [9.17, 15) is 22.8 Å². The molecule has 1 fully saturated rings. The molecule has 1 amide bonds. The summed E-state index contributed by atoms with van der Waals surface area (Å²) in [4.78, 5) is 37.7. The third-order valence-electron chi connectivity index (χ3n) is 6.70. The predicted molar refractivity (Wildman–Crippen MR) is 121 cm³/mol. The quantitative estimate of drug-likeness (QED) is 0.477. The number of likely N-dealkylation sites (tertiary alicyclic amines) is 1. The first kappa shape index (κ1) is 23.1. The van der Waals surface area contributed by atoms with Crippen molar-refractivity contribution in [2.45, 2.75) is 51.7 Å². The molecule has 4 aromatic rings. The van der Waals surface area contributed by atoms with Gasteiger partial charge in [-0.15, -0.1) is 5.10 Å². The van der Waals surface area contributed by atoms with Crippen LogP contribution in [-0.4, -0.2) is 53.0 Å². The first-order valence-electron chi connectivity index (χ1n) is 11.4. The van der Waals surface area contributed by atoms with E-state index in [1.54, 1.807) is 23.3 Å². The summed E-state index contributed by atoms with van der Waals surface area (Å²) in [5.74, 6) is -1.39. The van der Waals surface area contributed by atoms with Crippen LogP contribution >= 0.6 is 0 Å². The van der Waals surface area contributed by atoms with E-state index in [4.69, 9.17) is 0 Å². The van der Waals surface area contributed by atoms with Crippen LogP contribution in [0.5, 0.6) is 0 Å². The van der Waals surface area contributed by atoms with Gasteiger partial charge in [0.1, 0.15) is 0 Å². The van der Waals surface area contributed by atoms with E-state index < -0.39 is 12.0 Å². The number of imidazole rings is 1. The molecular weight excluding hydrogens is 463 g/mol. The Balaban J connectivity index is 1.26. The Morgan fingerprint density at radius 1 is 1.14 bits per heavy atom. The highest BCUT2D eigenvalue weighted by molar-refractivity contribution is 5.77. The van der Waals surface area contributed by atoms with Crippen molar-refractivity contribution in [1.82, 2.24) is 34.0 Å². The third-order valence-corrected chi connectivity index (χ3v) is 6.70. The fourth-order valence-electron chi connectivity index (χ4n) is 4.89. The fourth-order valence-corrected chi connectivity index (χ4v) is 4.89. The van der Waals surface area contributed by atoms with Crippen LogP contribution < -0.4 is 5.69 Å². The number of para-hydroxylation sites is 2. The van der Waals surface area contributed by atoms with E-state index >= 15 is 0 Å². The van der Waals surface area contributed by atoms with Crippen LogP contribution in [0, 0.1) is 13.8 Å². The molecule has 4 heterocycles. The Morgan fingerprint density at radius 2 is 1.86 bits per heavy atom. The molecule has 0 atom stereocenters. The molecule has 1 saturated heterocycles. The molecule has 9 nitrogen and oxygen atoms in total. The van der Waals surface area contributed by atoms with Crippen molar-refractivity contribution >= 4 is 22.7 Å². The molecule has 0 aliphatic carbocycles. The number of fused-ring (bicyclic) bond motifs is 2. The number of benzene rings is 1. The second kappa shape index (κ2) is 8.51. The highest BCUT2D eigenvalue weighted by Gasteiger charge is 2.37. The third kappa shape index (κ3) is 4.17. The number of carbonyl (C=O) groups excluding carboxylic acids is 1.